The Kier molecular flexibility index (Phi) is 5.09. The fraction of sp³-hybridized carbons (Fsp3) is 0.500. The van der Waals surface area contributed by atoms with Crippen molar-refractivity contribution in [3.8, 4) is 0 Å². The molecule has 0 unspecified atom stereocenters. The first-order valence-electron chi connectivity index (χ1n) is 6.11. The second-order valence-electron chi connectivity index (χ2n) is 4.90. The summed E-state index contributed by atoms with van der Waals surface area (Å²) in [6.07, 6.45) is -3.17. The summed E-state index contributed by atoms with van der Waals surface area (Å²) in [5.41, 5.74) is -1.47. The van der Waals surface area contributed by atoms with Crippen LogP contribution in [-0.2, 0) is 6.18 Å². The van der Waals surface area contributed by atoms with Gasteiger partial charge < -0.3 is 0 Å². The molecule has 0 aromatic heterocycles. The fourth-order valence-corrected chi connectivity index (χ4v) is 1.72. The molecule has 0 fully saturated rings. The molecule has 1 aromatic rings. The number of Topliss-reactive ketones (excluding diaryl/α,β-unsaturated/α-hetero) is 1. The predicted octanol–water partition coefficient (Wildman–Crippen LogP) is 4.85. The lowest BCUT2D eigenvalue weighted by atomic mass is 9.99. The first-order valence-corrected chi connectivity index (χ1v) is 6.11. The third-order valence-electron chi connectivity index (χ3n) is 2.78. The average molecular weight is 276 g/mol. The molecule has 0 aliphatic heterocycles. The van der Waals surface area contributed by atoms with E-state index in [0.717, 1.165) is 6.42 Å². The molecule has 0 bridgehead atoms. The average Bonchev–Trinajstić information content (AvgIpc) is 2.27. The van der Waals surface area contributed by atoms with Crippen LogP contribution in [-0.4, -0.2) is 5.78 Å². The number of carbonyl (C=O) groups is 1. The maximum atomic E-state index is 13.4. The maximum Gasteiger partial charge on any atom is 0.416 e. The molecule has 0 heterocycles. The van der Waals surface area contributed by atoms with Crippen molar-refractivity contribution in [3.05, 3.63) is 35.1 Å². The van der Waals surface area contributed by atoms with Gasteiger partial charge in [-0.3, -0.25) is 4.79 Å². The number of rotatable bonds is 5. The van der Waals surface area contributed by atoms with Gasteiger partial charge in [-0.1, -0.05) is 20.3 Å². The maximum absolute atomic E-state index is 13.4. The molecule has 0 aliphatic rings. The Bertz CT molecular complexity index is 449. The van der Waals surface area contributed by atoms with Crippen LogP contribution in [0.4, 0.5) is 17.6 Å². The quantitative estimate of drug-likeness (QED) is 0.554. The van der Waals surface area contributed by atoms with Gasteiger partial charge in [0.1, 0.15) is 5.82 Å². The summed E-state index contributed by atoms with van der Waals surface area (Å²) < 4.78 is 50.9. The molecule has 1 nitrogen and oxygen atoms in total. The van der Waals surface area contributed by atoms with E-state index < -0.39 is 28.9 Å². The number of ketones is 1. The van der Waals surface area contributed by atoms with Crippen LogP contribution < -0.4 is 0 Å². The number of carbonyl (C=O) groups excluding carboxylic acids is 1. The van der Waals surface area contributed by atoms with Gasteiger partial charge >= 0.3 is 6.18 Å². The minimum absolute atomic E-state index is 0.0659. The minimum Gasteiger partial charge on any atom is -0.294 e. The monoisotopic (exact) mass is 276 g/mol. The van der Waals surface area contributed by atoms with Gasteiger partial charge in [-0.2, -0.15) is 13.2 Å². The van der Waals surface area contributed by atoms with Gasteiger partial charge in [-0.15, -0.1) is 0 Å². The van der Waals surface area contributed by atoms with E-state index in [-0.39, 0.29) is 6.42 Å². The normalized spacial score (nSPS) is 11.9. The number of halogens is 4. The lowest BCUT2D eigenvalue weighted by molar-refractivity contribution is -0.137. The van der Waals surface area contributed by atoms with Gasteiger partial charge in [0.2, 0.25) is 0 Å². The van der Waals surface area contributed by atoms with Gasteiger partial charge in [0.25, 0.3) is 0 Å². The second-order valence-corrected chi connectivity index (χ2v) is 4.90. The summed E-state index contributed by atoms with van der Waals surface area (Å²) >= 11 is 0. The molecular weight excluding hydrogens is 260 g/mol. The van der Waals surface area contributed by atoms with Crippen LogP contribution in [0.15, 0.2) is 18.2 Å². The van der Waals surface area contributed by atoms with Crippen LogP contribution in [0.25, 0.3) is 0 Å². The Labute approximate surface area is 109 Å². The van der Waals surface area contributed by atoms with Crippen LogP contribution >= 0.6 is 0 Å². The molecule has 0 N–H and O–H groups in total. The molecule has 0 spiro atoms. The summed E-state index contributed by atoms with van der Waals surface area (Å²) in [4.78, 5) is 11.7. The van der Waals surface area contributed by atoms with Crippen molar-refractivity contribution < 1.29 is 22.4 Å². The van der Waals surface area contributed by atoms with E-state index in [1.54, 1.807) is 0 Å². The van der Waals surface area contributed by atoms with Crippen LogP contribution in [0, 0.1) is 11.7 Å². The molecule has 0 aliphatic carbocycles. The van der Waals surface area contributed by atoms with Crippen molar-refractivity contribution in [2.24, 2.45) is 5.92 Å². The molecule has 0 amide bonds. The van der Waals surface area contributed by atoms with E-state index in [1.165, 1.54) is 0 Å². The molecule has 0 saturated carbocycles. The Morgan fingerprint density at radius 1 is 1.26 bits per heavy atom. The third kappa shape index (κ3) is 4.65. The van der Waals surface area contributed by atoms with E-state index in [9.17, 15) is 22.4 Å². The van der Waals surface area contributed by atoms with Gasteiger partial charge in [-0.05, 0) is 30.5 Å². The van der Waals surface area contributed by atoms with E-state index in [4.69, 9.17) is 0 Å². The Morgan fingerprint density at radius 3 is 2.42 bits per heavy atom. The lowest BCUT2D eigenvalue weighted by Gasteiger charge is -2.09. The summed E-state index contributed by atoms with van der Waals surface area (Å²) in [6, 6.07) is 1.92. The zero-order valence-corrected chi connectivity index (χ0v) is 10.9. The molecule has 19 heavy (non-hydrogen) atoms. The van der Waals surface area contributed by atoms with Crippen LogP contribution in [0.2, 0.25) is 0 Å². The number of hydrogen-bond acceptors (Lipinski definition) is 1. The van der Waals surface area contributed by atoms with Crippen LogP contribution in [0.1, 0.15) is 49.0 Å². The molecule has 106 valence electrons. The van der Waals surface area contributed by atoms with Gasteiger partial charge in [0.15, 0.2) is 5.78 Å². The number of alkyl halides is 3. The van der Waals surface area contributed by atoms with E-state index in [2.05, 4.69) is 0 Å². The molecule has 1 aromatic carbocycles. The lowest BCUT2D eigenvalue weighted by Crippen LogP contribution is -2.09. The predicted molar refractivity (Wildman–Crippen MR) is 64.4 cm³/mol. The van der Waals surface area contributed by atoms with Crippen LogP contribution in [0.5, 0.6) is 0 Å². The van der Waals surface area contributed by atoms with E-state index in [0.29, 0.717) is 30.5 Å². The first-order chi connectivity index (χ1) is 8.71. The highest BCUT2D eigenvalue weighted by Crippen LogP contribution is 2.30. The number of benzene rings is 1. The number of hydrogen-bond donors (Lipinski definition) is 0. The van der Waals surface area contributed by atoms with Crippen molar-refractivity contribution >= 4 is 5.78 Å². The van der Waals surface area contributed by atoms with Gasteiger partial charge in [-0.25, -0.2) is 4.39 Å². The molecule has 0 atom stereocenters. The minimum atomic E-state index is -4.57. The molecule has 0 radical (unpaired) electrons. The van der Waals surface area contributed by atoms with Crippen molar-refractivity contribution in [2.75, 3.05) is 0 Å². The van der Waals surface area contributed by atoms with Gasteiger partial charge in [0.05, 0.1) is 11.1 Å². The molecule has 5 heteroatoms. The standard InChI is InChI=1S/C14H16F4O/c1-9(2)4-3-5-13(19)11-8-10(14(16,17)18)6-7-12(11)15/h6-9H,3-5H2,1-2H3. The topological polar surface area (TPSA) is 17.1 Å². The highest BCUT2D eigenvalue weighted by molar-refractivity contribution is 5.96. The van der Waals surface area contributed by atoms with E-state index in [1.807, 2.05) is 13.8 Å². The summed E-state index contributed by atoms with van der Waals surface area (Å²) in [5, 5.41) is 0. The molecule has 1 rings (SSSR count). The highest BCUT2D eigenvalue weighted by atomic mass is 19.4. The zero-order valence-electron chi connectivity index (χ0n) is 10.9. The Hall–Kier alpha value is -1.39. The summed E-state index contributed by atoms with van der Waals surface area (Å²) in [6.45, 7) is 3.96. The summed E-state index contributed by atoms with van der Waals surface area (Å²) in [5.74, 6) is -1.08. The van der Waals surface area contributed by atoms with Crippen molar-refractivity contribution in [2.45, 2.75) is 39.3 Å². The largest absolute Gasteiger partial charge is 0.416 e. The van der Waals surface area contributed by atoms with Crippen LogP contribution in [0.3, 0.4) is 0 Å². The van der Waals surface area contributed by atoms with E-state index >= 15 is 0 Å². The van der Waals surface area contributed by atoms with Gasteiger partial charge in [0, 0.05) is 6.42 Å². The molecular formula is C14H16F4O. The first kappa shape index (κ1) is 15.7. The van der Waals surface area contributed by atoms with Crippen molar-refractivity contribution in [1.29, 1.82) is 0 Å². The molecule has 0 saturated heterocycles. The second kappa shape index (κ2) is 6.17. The zero-order chi connectivity index (χ0) is 14.6. The van der Waals surface area contributed by atoms with Crippen molar-refractivity contribution in [1.82, 2.24) is 0 Å². The third-order valence-corrected chi connectivity index (χ3v) is 2.78. The smallest absolute Gasteiger partial charge is 0.294 e. The summed E-state index contributed by atoms with van der Waals surface area (Å²) in [7, 11) is 0. The SMILES string of the molecule is CC(C)CCCC(=O)c1cc(C(F)(F)F)ccc1F. The highest BCUT2D eigenvalue weighted by Gasteiger charge is 2.31. The Morgan fingerprint density at radius 2 is 1.89 bits per heavy atom. The fourth-order valence-electron chi connectivity index (χ4n) is 1.72. The Balaban J connectivity index is 2.84. The van der Waals surface area contributed by atoms with Crippen molar-refractivity contribution in [3.63, 3.8) is 0 Å².